The number of pyridine rings is 2. The number of nitrogens with one attached hydrogen (secondary N) is 3. The Balaban J connectivity index is 1.46. The van der Waals surface area contributed by atoms with Crippen molar-refractivity contribution >= 4 is 46.5 Å². The fourth-order valence-corrected chi connectivity index (χ4v) is 4.31. The van der Waals surface area contributed by atoms with Crippen LogP contribution in [0.4, 0.5) is 11.6 Å². The fourth-order valence-electron chi connectivity index (χ4n) is 4.01. The molecule has 3 aromatic heterocycles. The van der Waals surface area contributed by atoms with Crippen LogP contribution in [0, 0.1) is 5.41 Å². The van der Waals surface area contributed by atoms with E-state index in [0.29, 0.717) is 41.0 Å². The molecule has 0 atom stereocenters. The smallest absolute Gasteiger partial charge is 0.274 e. The molecule has 0 amide bonds. The molecule has 0 saturated heterocycles. The normalized spacial score (nSPS) is 16.2. The topological polar surface area (TPSA) is 141 Å². The molecule has 38 heavy (non-hydrogen) atoms. The number of imidazole rings is 1. The molecule has 1 aliphatic heterocycles. The van der Waals surface area contributed by atoms with Crippen LogP contribution in [0.1, 0.15) is 24.3 Å². The van der Waals surface area contributed by atoms with Crippen LogP contribution in [0.3, 0.4) is 0 Å². The number of ether oxygens (including phenoxy) is 3. The number of halogens is 1. The Hall–Kier alpha value is -4.16. The van der Waals surface area contributed by atoms with Gasteiger partial charge in [-0.1, -0.05) is 11.6 Å². The summed E-state index contributed by atoms with van der Waals surface area (Å²) in [6, 6.07) is 1.88. The van der Waals surface area contributed by atoms with Crippen LogP contribution in [0.2, 0.25) is 5.02 Å². The van der Waals surface area contributed by atoms with Crippen LogP contribution in [-0.4, -0.2) is 51.5 Å². The lowest BCUT2D eigenvalue weighted by atomic mass is 10.2. The summed E-state index contributed by atoms with van der Waals surface area (Å²) in [6.07, 6.45) is 9.71. The molecule has 0 aromatic carbocycles. The largest absolute Gasteiger partial charge is 0.474 e. The SMILES string of the molecule is COCCOC1=NC=CN/C1=C(\C=N)Oc1cnc2nc(Nc3cc(C4CC4)cn(C)c3=O)n(C)c2c1Cl. The van der Waals surface area contributed by atoms with Gasteiger partial charge in [0.1, 0.15) is 28.5 Å². The maximum Gasteiger partial charge on any atom is 0.274 e. The van der Waals surface area contributed by atoms with Crippen LogP contribution in [0.15, 0.2) is 52.1 Å². The van der Waals surface area contributed by atoms with E-state index in [1.54, 1.807) is 36.5 Å². The average molecular weight is 539 g/mol. The number of aliphatic imine (C=N–C) groups is 1. The second kappa shape index (κ2) is 10.7. The number of fused-ring (bicyclic) bond motifs is 1. The lowest BCUT2D eigenvalue weighted by Crippen LogP contribution is -2.26. The Kier molecular flexibility index (Phi) is 7.16. The summed E-state index contributed by atoms with van der Waals surface area (Å²) >= 11 is 6.74. The van der Waals surface area contributed by atoms with E-state index in [0.717, 1.165) is 24.6 Å². The van der Waals surface area contributed by atoms with Crippen molar-refractivity contribution in [3.05, 3.63) is 63.3 Å². The molecule has 3 aromatic rings. The van der Waals surface area contributed by atoms with E-state index in [2.05, 4.69) is 25.6 Å². The second-order valence-corrected chi connectivity index (χ2v) is 9.20. The fraction of sp³-hybridized carbons (Fsp3) is 0.320. The van der Waals surface area contributed by atoms with Crippen LogP contribution in [0.5, 0.6) is 5.75 Å². The lowest BCUT2D eigenvalue weighted by molar-refractivity contribution is 0.141. The van der Waals surface area contributed by atoms with Gasteiger partial charge >= 0.3 is 0 Å². The number of aromatic nitrogens is 4. The molecule has 5 rings (SSSR count). The first kappa shape index (κ1) is 25.5. The quantitative estimate of drug-likeness (QED) is 0.214. The van der Waals surface area contributed by atoms with E-state index >= 15 is 0 Å². The van der Waals surface area contributed by atoms with E-state index in [9.17, 15) is 4.79 Å². The summed E-state index contributed by atoms with van der Waals surface area (Å²) in [5.74, 6) is 1.46. The molecule has 1 fully saturated rings. The summed E-state index contributed by atoms with van der Waals surface area (Å²) in [5.41, 5.74) is 2.61. The van der Waals surface area contributed by atoms with E-state index in [1.807, 2.05) is 12.3 Å². The lowest BCUT2D eigenvalue weighted by Gasteiger charge is -2.18. The third-order valence-corrected chi connectivity index (χ3v) is 6.50. The zero-order chi connectivity index (χ0) is 26.8. The molecule has 0 spiro atoms. The second-order valence-electron chi connectivity index (χ2n) is 8.83. The standard InChI is InChI=1S/C25H27ClN8O4/c1-33-13-15(14-4-5-14)10-16(24(33)35)31-25-32-22-21(34(25)2)19(26)18(12-30-22)38-17(11-27)20-23(29-7-6-28-20)37-9-8-36-3/h6-7,10-14,27-28H,4-5,8-9H2,1-3H3,(H,30,31,32)/b20-17+,27-11?. The molecule has 12 nitrogen and oxygen atoms in total. The van der Waals surface area contributed by atoms with Gasteiger partial charge in [-0.15, -0.1) is 0 Å². The summed E-state index contributed by atoms with van der Waals surface area (Å²) < 4.78 is 19.9. The Morgan fingerprint density at radius 2 is 2.16 bits per heavy atom. The van der Waals surface area contributed by atoms with Crippen molar-refractivity contribution in [1.29, 1.82) is 5.41 Å². The molecule has 1 aliphatic carbocycles. The van der Waals surface area contributed by atoms with Crippen LogP contribution >= 0.6 is 11.6 Å². The van der Waals surface area contributed by atoms with Gasteiger partial charge in [-0.3, -0.25) is 4.79 Å². The number of aryl methyl sites for hydroxylation is 2. The van der Waals surface area contributed by atoms with E-state index in [1.165, 1.54) is 12.4 Å². The average Bonchev–Trinajstić information content (AvgIpc) is 3.71. The van der Waals surface area contributed by atoms with Gasteiger partial charge in [0, 0.05) is 39.8 Å². The van der Waals surface area contributed by atoms with Gasteiger partial charge in [0.25, 0.3) is 5.56 Å². The molecular weight excluding hydrogens is 512 g/mol. The molecule has 0 radical (unpaired) electrons. The zero-order valence-electron chi connectivity index (χ0n) is 21.1. The van der Waals surface area contributed by atoms with Gasteiger partial charge in [0.15, 0.2) is 17.2 Å². The molecular formula is C25H27ClN8O4. The van der Waals surface area contributed by atoms with E-state index in [4.69, 9.17) is 31.2 Å². The van der Waals surface area contributed by atoms with Gasteiger partial charge in [-0.05, 0) is 30.4 Å². The van der Waals surface area contributed by atoms with Crippen molar-refractivity contribution in [1.82, 2.24) is 24.4 Å². The zero-order valence-corrected chi connectivity index (χ0v) is 21.9. The maximum atomic E-state index is 12.8. The molecule has 13 heteroatoms. The van der Waals surface area contributed by atoms with Crippen LogP contribution in [0.25, 0.3) is 11.2 Å². The van der Waals surface area contributed by atoms with Gasteiger partial charge in [-0.2, -0.15) is 4.98 Å². The highest BCUT2D eigenvalue weighted by Gasteiger charge is 2.26. The minimum atomic E-state index is -0.161. The number of methoxy groups -OCH3 is 1. The minimum Gasteiger partial charge on any atom is -0.474 e. The van der Waals surface area contributed by atoms with Crippen molar-refractivity contribution in [3.63, 3.8) is 0 Å². The molecule has 1 saturated carbocycles. The summed E-state index contributed by atoms with van der Waals surface area (Å²) in [6.45, 7) is 0.641. The van der Waals surface area contributed by atoms with Gasteiger partial charge < -0.3 is 39.4 Å². The van der Waals surface area contributed by atoms with E-state index in [-0.39, 0.29) is 34.6 Å². The van der Waals surface area contributed by atoms with Crippen molar-refractivity contribution in [3.8, 4) is 5.75 Å². The van der Waals surface area contributed by atoms with Crippen molar-refractivity contribution in [2.45, 2.75) is 18.8 Å². The molecule has 0 bridgehead atoms. The highest BCUT2D eigenvalue weighted by molar-refractivity contribution is 6.36. The maximum absolute atomic E-state index is 12.8. The van der Waals surface area contributed by atoms with E-state index < -0.39 is 0 Å². The third kappa shape index (κ3) is 5.00. The minimum absolute atomic E-state index is 0.120. The number of hydrogen-bond donors (Lipinski definition) is 3. The molecule has 4 heterocycles. The number of anilines is 2. The number of allylic oxidation sites excluding steroid dienone is 1. The summed E-state index contributed by atoms with van der Waals surface area (Å²) in [4.78, 5) is 25.9. The van der Waals surface area contributed by atoms with Crippen molar-refractivity contribution in [2.24, 2.45) is 19.1 Å². The first-order valence-electron chi connectivity index (χ1n) is 11.9. The third-order valence-electron chi connectivity index (χ3n) is 6.14. The summed E-state index contributed by atoms with van der Waals surface area (Å²) in [7, 11) is 5.08. The van der Waals surface area contributed by atoms with Crippen LogP contribution < -0.4 is 20.9 Å². The highest BCUT2D eigenvalue weighted by Crippen LogP contribution is 2.40. The number of nitrogens with zero attached hydrogens (tertiary/aromatic N) is 5. The number of rotatable bonds is 9. The Morgan fingerprint density at radius 1 is 1.34 bits per heavy atom. The van der Waals surface area contributed by atoms with Gasteiger partial charge in [0.05, 0.1) is 19.0 Å². The van der Waals surface area contributed by atoms with Gasteiger partial charge in [0.2, 0.25) is 11.8 Å². The van der Waals surface area contributed by atoms with Crippen LogP contribution in [-0.2, 0) is 23.6 Å². The number of hydrogen-bond acceptors (Lipinski definition) is 10. The van der Waals surface area contributed by atoms with Gasteiger partial charge in [-0.25, -0.2) is 9.98 Å². The molecule has 0 unspecified atom stereocenters. The first-order chi connectivity index (χ1) is 18.4. The van der Waals surface area contributed by atoms with Crippen molar-refractivity contribution < 1.29 is 14.2 Å². The predicted molar refractivity (Wildman–Crippen MR) is 144 cm³/mol. The molecule has 198 valence electrons. The Labute approximate surface area is 223 Å². The van der Waals surface area contributed by atoms with Crippen molar-refractivity contribution in [2.75, 3.05) is 25.6 Å². The molecule has 2 aliphatic rings. The monoisotopic (exact) mass is 538 g/mol. The Morgan fingerprint density at radius 3 is 2.89 bits per heavy atom. The summed E-state index contributed by atoms with van der Waals surface area (Å²) in [5, 5.41) is 14.3. The Bertz CT molecular complexity index is 1550. The molecule has 3 N–H and O–H groups in total. The highest BCUT2D eigenvalue weighted by atomic mass is 35.5. The first-order valence-corrected chi connectivity index (χ1v) is 12.3. The predicted octanol–water partition coefficient (Wildman–Crippen LogP) is 3.32.